The number of rotatable bonds is 8. The van der Waals surface area contributed by atoms with Gasteiger partial charge in [0.1, 0.15) is 29.6 Å². The number of carbonyl (C=O) groups is 3. The van der Waals surface area contributed by atoms with Crippen LogP contribution < -0.4 is 25.2 Å². The summed E-state index contributed by atoms with van der Waals surface area (Å²) in [6, 6.07) is 14.7. The maximum Gasteiger partial charge on any atom is 0.328 e. The summed E-state index contributed by atoms with van der Waals surface area (Å²) in [5.74, 6) is 0.405. The summed E-state index contributed by atoms with van der Waals surface area (Å²) >= 11 is 6.21. The van der Waals surface area contributed by atoms with Gasteiger partial charge in [0.15, 0.2) is 0 Å². The van der Waals surface area contributed by atoms with Gasteiger partial charge in [-0.25, -0.2) is 14.2 Å². The first-order chi connectivity index (χ1) is 23.3. The minimum absolute atomic E-state index is 0.171. The molecular weight excluding hydrogens is 649 g/mol. The number of ether oxygens (including phenoxy) is 1. The van der Waals surface area contributed by atoms with Gasteiger partial charge in [-0.3, -0.25) is 24.7 Å². The summed E-state index contributed by atoms with van der Waals surface area (Å²) in [6.07, 6.45) is 1.56. The van der Waals surface area contributed by atoms with E-state index in [0.717, 1.165) is 5.82 Å². The number of nitrogens with zero attached hydrogens (tertiary/aromatic N) is 5. The number of carbonyl (C=O) groups excluding carboxylic acids is 3. The fourth-order valence-corrected chi connectivity index (χ4v) is 7.75. The number of anilines is 2. The molecule has 0 radical (unpaired) electrons. The van der Waals surface area contributed by atoms with Crippen LogP contribution in [-0.4, -0.2) is 72.6 Å². The van der Waals surface area contributed by atoms with Crippen molar-refractivity contribution in [1.29, 1.82) is 5.26 Å². The third-order valence-corrected chi connectivity index (χ3v) is 10.2. The molecule has 3 aromatic rings. The first-order valence-electron chi connectivity index (χ1n) is 16.3. The summed E-state index contributed by atoms with van der Waals surface area (Å²) in [7, 11) is 0. The maximum atomic E-state index is 15.0. The summed E-state index contributed by atoms with van der Waals surface area (Å²) in [6.45, 7) is 11.7. The van der Waals surface area contributed by atoms with Crippen molar-refractivity contribution in [3.63, 3.8) is 0 Å². The number of nitrogens with one attached hydrogen (secondary N) is 2. The zero-order valence-electron chi connectivity index (χ0n) is 27.9. The van der Waals surface area contributed by atoms with Crippen molar-refractivity contribution in [2.75, 3.05) is 42.5 Å². The minimum atomic E-state index is -0.542. The standard InChI is InChI=1S/C36H39ClFN7O4/c1-35(2)32(36(3,4)33(35)49-26-9-6-22(19-39)27(37)18-26)42-31(47)23-7-10-29(40-20-23)44-15-13-43(14-16-44)21-24-5-8-25(17-28(24)38)45-12-11-30(46)41-34(45)48/h5-10,17-18,20,32-33H,11-16,21H2,1-4H3,(H,42,47)(H,41,46,48). The summed E-state index contributed by atoms with van der Waals surface area (Å²) in [5, 5.41) is 15.0. The van der Waals surface area contributed by atoms with Crippen molar-refractivity contribution >= 4 is 41.0 Å². The topological polar surface area (TPSA) is 131 Å². The molecule has 6 rings (SSSR count). The van der Waals surface area contributed by atoms with Crippen LogP contribution in [0.5, 0.6) is 5.75 Å². The Morgan fingerprint density at radius 1 is 1.06 bits per heavy atom. The second-order valence-corrected chi connectivity index (χ2v) is 14.4. The highest BCUT2D eigenvalue weighted by Gasteiger charge is 2.64. The maximum absolute atomic E-state index is 15.0. The molecule has 2 saturated heterocycles. The van der Waals surface area contributed by atoms with Crippen LogP contribution in [0.1, 0.15) is 55.6 Å². The van der Waals surface area contributed by atoms with E-state index in [2.05, 4.69) is 59.2 Å². The lowest BCUT2D eigenvalue weighted by Gasteiger charge is -2.63. The Morgan fingerprint density at radius 2 is 1.80 bits per heavy atom. The van der Waals surface area contributed by atoms with Gasteiger partial charge in [-0.05, 0) is 36.4 Å². The highest BCUT2D eigenvalue weighted by molar-refractivity contribution is 6.31. The smallest absolute Gasteiger partial charge is 0.328 e. The van der Waals surface area contributed by atoms with Gasteiger partial charge in [-0.2, -0.15) is 5.26 Å². The van der Waals surface area contributed by atoms with Crippen molar-refractivity contribution in [2.45, 2.75) is 52.8 Å². The number of hydrogen-bond acceptors (Lipinski definition) is 8. The van der Waals surface area contributed by atoms with Gasteiger partial charge in [-0.1, -0.05) is 45.4 Å². The molecule has 4 amide bonds. The van der Waals surface area contributed by atoms with Gasteiger partial charge in [0.05, 0.1) is 16.1 Å². The molecule has 0 bridgehead atoms. The Balaban J connectivity index is 1.01. The van der Waals surface area contributed by atoms with Gasteiger partial charge in [0, 0.05) is 86.1 Å². The molecule has 1 aliphatic carbocycles. The lowest BCUT2D eigenvalue weighted by atomic mass is 9.49. The lowest BCUT2D eigenvalue weighted by molar-refractivity contribution is -0.164. The molecule has 3 aliphatic rings. The first-order valence-corrected chi connectivity index (χ1v) is 16.7. The molecule has 1 saturated carbocycles. The number of urea groups is 1. The zero-order chi connectivity index (χ0) is 35.1. The molecular formula is C36H39ClFN7O4. The van der Waals surface area contributed by atoms with Gasteiger partial charge >= 0.3 is 6.03 Å². The Morgan fingerprint density at radius 3 is 2.41 bits per heavy atom. The van der Waals surface area contributed by atoms with Crippen LogP contribution in [0.2, 0.25) is 5.02 Å². The number of amides is 4. The number of nitriles is 1. The van der Waals surface area contributed by atoms with E-state index in [9.17, 15) is 14.4 Å². The van der Waals surface area contributed by atoms with Crippen molar-refractivity contribution in [1.82, 2.24) is 20.5 Å². The fraction of sp³-hybridized carbons (Fsp3) is 0.417. The first kappa shape index (κ1) is 34.1. The molecule has 3 fully saturated rings. The quantitative estimate of drug-likeness (QED) is 0.334. The van der Waals surface area contributed by atoms with Crippen LogP contribution in [0.3, 0.4) is 0 Å². The molecule has 0 atom stereocenters. The average Bonchev–Trinajstić information content (AvgIpc) is 3.07. The molecule has 0 unspecified atom stereocenters. The van der Waals surface area contributed by atoms with Crippen molar-refractivity contribution in [3.05, 3.63) is 82.3 Å². The van der Waals surface area contributed by atoms with E-state index in [1.54, 1.807) is 42.6 Å². The van der Waals surface area contributed by atoms with Crippen LogP contribution >= 0.6 is 11.6 Å². The Kier molecular flexibility index (Phi) is 9.26. The molecule has 13 heteroatoms. The van der Waals surface area contributed by atoms with Crippen LogP contribution in [-0.2, 0) is 11.3 Å². The monoisotopic (exact) mass is 687 g/mol. The van der Waals surface area contributed by atoms with Gasteiger partial charge < -0.3 is 15.0 Å². The van der Waals surface area contributed by atoms with E-state index in [1.807, 2.05) is 6.07 Å². The molecule has 2 aliphatic heterocycles. The predicted octanol–water partition coefficient (Wildman–Crippen LogP) is 5.13. The second kappa shape index (κ2) is 13.3. The molecule has 3 heterocycles. The van der Waals surface area contributed by atoms with Crippen molar-refractivity contribution in [2.24, 2.45) is 10.8 Å². The fourth-order valence-electron chi connectivity index (χ4n) is 7.54. The van der Waals surface area contributed by atoms with Gasteiger partial charge in [-0.15, -0.1) is 0 Å². The highest BCUT2D eigenvalue weighted by Crippen LogP contribution is 2.55. The summed E-state index contributed by atoms with van der Waals surface area (Å²) in [4.78, 5) is 47.2. The third-order valence-electron chi connectivity index (χ3n) is 9.93. The molecule has 2 aromatic carbocycles. The largest absolute Gasteiger partial charge is 0.489 e. The molecule has 2 N–H and O–H groups in total. The predicted molar refractivity (Wildman–Crippen MR) is 183 cm³/mol. The van der Waals surface area contributed by atoms with E-state index in [1.165, 1.54) is 11.0 Å². The van der Waals surface area contributed by atoms with Crippen LogP contribution in [0.25, 0.3) is 0 Å². The number of aromatic nitrogens is 1. The minimum Gasteiger partial charge on any atom is -0.489 e. The van der Waals surface area contributed by atoms with E-state index in [4.69, 9.17) is 21.6 Å². The lowest BCUT2D eigenvalue weighted by Crippen LogP contribution is -2.74. The second-order valence-electron chi connectivity index (χ2n) is 14.0. The Hall–Kier alpha value is -4.73. The molecule has 256 valence electrons. The summed E-state index contributed by atoms with van der Waals surface area (Å²) in [5.41, 5.74) is 1.03. The zero-order valence-corrected chi connectivity index (χ0v) is 28.7. The Bertz CT molecular complexity index is 1800. The highest BCUT2D eigenvalue weighted by atomic mass is 35.5. The van der Waals surface area contributed by atoms with E-state index < -0.39 is 11.8 Å². The number of piperazine rings is 1. The van der Waals surface area contributed by atoms with Crippen molar-refractivity contribution < 1.29 is 23.5 Å². The number of imide groups is 1. The third kappa shape index (κ3) is 6.78. The van der Waals surface area contributed by atoms with Gasteiger partial charge in [0.25, 0.3) is 5.91 Å². The summed E-state index contributed by atoms with van der Waals surface area (Å²) < 4.78 is 21.4. The van der Waals surface area contributed by atoms with Crippen LogP contribution in [0.15, 0.2) is 54.7 Å². The molecule has 1 aromatic heterocycles. The van der Waals surface area contributed by atoms with E-state index >= 15 is 4.39 Å². The normalized spacial score (nSPS) is 21.7. The number of pyridine rings is 1. The average molecular weight is 688 g/mol. The van der Waals surface area contributed by atoms with Crippen LogP contribution in [0, 0.1) is 28.0 Å². The Labute approximate surface area is 290 Å². The van der Waals surface area contributed by atoms with E-state index in [-0.39, 0.29) is 47.8 Å². The number of hydrogen-bond donors (Lipinski definition) is 2. The number of benzene rings is 2. The molecule has 11 nitrogen and oxygen atoms in total. The van der Waals surface area contributed by atoms with Gasteiger partial charge in [0.2, 0.25) is 5.91 Å². The van der Waals surface area contributed by atoms with E-state index in [0.29, 0.717) is 65.9 Å². The van der Waals surface area contributed by atoms with Crippen LogP contribution in [0.4, 0.5) is 20.7 Å². The van der Waals surface area contributed by atoms with Crippen molar-refractivity contribution in [3.8, 4) is 11.8 Å². The molecule has 0 spiro atoms. The molecule has 49 heavy (non-hydrogen) atoms. The number of halogens is 2. The SMILES string of the molecule is CC1(C)C(NC(=O)c2ccc(N3CCN(Cc4ccc(N5CCC(=O)NC5=O)cc4F)CC3)nc2)C(C)(C)C1Oc1ccc(C#N)c(Cl)c1.